The Hall–Kier alpha value is -2.23. The van der Waals surface area contributed by atoms with E-state index in [9.17, 15) is 9.90 Å². The minimum atomic E-state index is -0.513. The molecule has 0 saturated heterocycles. The van der Waals surface area contributed by atoms with Crippen LogP contribution < -0.4 is 5.76 Å². The topological polar surface area (TPSA) is 66.2 Å². The molecule has 15 heavy (non-hydrogen) atoms. The summed E-state index contributed by atoms with van der Waals surface area (Å²) in [5.41, 5.74) is 0.990. The molecule has 1 heterocycles. The molecule has 4 nitrogen and oxygen atoms in total. The van der Waals surface area contributed by atoms with Crippen LogP contribution in [0.15, 0.2) is 39.5 Å². The lowest BCUT2D eigenvalue weighted by Gasteiger charge is -1.99. The first kappa shape index (κ1) is 8.11. The van der Waals surface area contributed by atoms with Gasteiger partial charge in [-0.1, -0.05) is 24.3 Å². The lowest BCUT2D eigenvalue weighted by molar-refractivity contribution is 0.482. The normalized spacial score (nSPS) is 11.2. The number of phenolic OH excluding ortho intramolecular Hbond substituents is 1. The van der Waals surface area contributed by atoms with Gasteiger partial charge in [0.2, 0.25) is 0 Å². The smallest absolute Gasteiger partial charge is 0.417 e. The largest absolute Gasteiger partial charge is 0.507 e. The van der Waals surface area contributed by atoms with Gasteiger partial charge in [0.25, 0.3) is 0 Å². The van der Waals surface area contributed by atoms with E-state index in [1.54, 1.807) is 12.1 Å². The minimum Gasteiger partial charge on any atom is -0.507 e. The average Bonchev–Trinajstić information content (AvgIpc) is 2.59. The van der Waals surface area contributed by atoms with E-state index < -0.39 is 5.76 Å². The first-order chi connectivity index (χ1) is 7.25. The van der Waals surface area contributed by atoms with Crippen LogP contribution in [0.4, 0.5) is 0 Å². The van der Waals surface area contributed by atoms with Crippen molar-refractivity contribution >= 4 is 21.9 Å². The van der Waals surface area contributed by atoms with E-state index in [-0.39, 0.29) is 5.75 Å². The van der Waals surface area contributed by atoms with Gasteiger partial charge >= 0.3 is 5.76 Å². The predicted molar refractivity (Wildman–Crippen MR) is 56.0 cm³/mol. The molecule has 0 unspecified atom stereocenters. The SMILES string of the molecule is O=c1[nH]c2cc(O)c3ccccc3c2o1. The van der Waals surface area contributed by atoms with Crippen LogP contribution in [0.2, 0.25) is 0 Å². The first-order valence-corrected chi connectivity index (χ1v) is 4.49. The predicted octanol–water partition coefficient (Wildman–Crippen LogP) is 1.98. The second-order valence-electron chi connectivity index (χ2n) is 3.33. The summed E-state index contributed by atoms with van der Waals surface area (Å²) in [5.74, 6) is -0.379. The quantitative estimate of drug-likeness (QED) is 0.584. The Balaban J connectivity index is 2.68. The number of hydrogen-bond acceptors (Lipinski definition) is 3. The highest BCUT2D eigenvalue weighted by atomic mass is 16.4. The van der Waals surface area contributed by atoms with Crippen molar-refractivity contribution in [3.63, 3.8) is 0 Å². The fourth-order valence-electron chi connectivity index (χ4n) is 1.76. The van der Waals surface area contributed by atoms with E-state index in [0.29, 0.717) is 16.5 Å². The summed E-state index contributed by atoms with van der Waals surface area (Å²) >= 11 is 0. The Labute approximate surface area is 83.8 Å². The third-order valence-electron chi connectivity index (χ3n) is 2.40. The number of benzene rings is 2. The maximum atomic E-state index is 11.0. The third kappa shape index (κ3) is 1.05. The molecular weight excluding hydrogens is 194 g/mol. The summed E-state index contributed by atoms with van der Waals surface area (Å²) in [5, 5.41) is 11.1. The number of nitrogens with one attached hydrogen (secondary N) is 1. The molecule has 0 aliphatic heterocycles. The second-order valence-corrected chi connectivity index (χ2v) is 3.33. The number of hydrogen-bond donors (Lipinski definition) is 2. The molecule has 2 aromatic carbocycles. The summed E-state index contributed by atoms with van der Waals surface area (Å²) in [6.07, 6.45) is 0. The van der Waals surface area contributed by atoms with Crippen molar-refractivity contribution < 1.29 is 9.52 Å². The highest BCUT2D eigenvalue weighted by Gasteiger charge is 2.09. The lowest BCUT2D eigenvalue weighted by Crippen LogP contribution is -1.92. The summed E-state index contributed by atoms with van der Waals surface area (Å²) < 4.78 is 5.01. The Kier molecular flexibility index (Phi) is 1.42. The Morgan fingerprint density at radius 3 is 2.73 bits per heavy atom. The number of aromatic amines is 1. The van der Waals surface area contributed by atoms with Crippen LogP contribution >= 0.6 is 0 Å². The van der Waals surface area contributed by atoms with E-state index in [1.807, 2.05) is 12.1 Å². The zero-order valence-corrected chi connectivity index (χ0v) is 7.65. The van der Waals surface area contributed by atoms with Crippen LogP contribution in [0.3, 0.4) is 0 Å². The first-order valence-electron chi connectivity index (χ1n) is 4.49. The second kappa shape index (κ2) is 2.63. The van der Waals surface area contributed by atoms with Crippen molar-refractivity contribution in [2.45, 2.75) is 0 Å². The lowest BCUT2D eigenvalue weighted by atomic mass is 10.1. The maximum absolute atomic E-state index is 11.0. The average molecular weight is 201 g/mol. The zero-order valence-electron chi connectivity index (χ0n) is 7.65. The number of rotatable bonds is 0. The van der Waals surface area contributed by atoms with Crippen LogP contribution in [0.5, 0.6) is 5.75 Å². The van der Waals surface area contributed by atoms with Gasteiger partial charge in [0.05, 0.1) is 5.52 Å². The number of oxazole rings is 1. The Bertz CT molecular complexity index is 708. The van der Waals surface area contributed by atoms with Crippen molar-refractivity contribution in [2.24, 2.45) is 0 Å². The van der Waals surface area contributed by atoms with Crippen LogP contribution in [0.1, 0.15) is 0 Å². The van der Waals surface area contributed by atoms with Crippen molar-refractivity contribution in [2.75, 3.05) is 0 Å². The molecule has 4 heteroatoms. The summed E-state index contributed by atoms with van der Waals surface area (Å²) in [4.78, 5) is 13.5. The van der Waals surface area contributed by atoms with Gasteiger partial charge in [-0.25, -0.2) is 4.79 Å². The van der Waals surface area contributed by atoms with Crippen LogP contribution in [-0.4, -0.2) is 10.1 Å². The van der Waals surface area contributed by atoms with Crippen molar-refractivity contribution in [3.8, 4) is 5.75 Å². The zero-order chi connectivity index (χ0) is 10.4. The molecule has 0 aliphatic carbocycles. The van der Waals surface area contributed by atoms with E-state index in [4.69, 9.17) is 4.42 Å². The maximum Gasteiger partial charge on any atom is 0.417 e. The number of aromatic nitrogens is 1. The highest BCUT2D eigenvalue weighted by Crippen LogP contribution is 2.30. The molecule has 1 aromatic heterocycles. The van der Waals surface area contributed by atoms with Gasteiger partial charge in [0, 0.05) is 16.8 Å². The van der Waals surface area contributed by atoms with Gasteiger partial charge in [-0.05, 0) is 0 Å². The molecule has 3 aromatic rings. The Morgan fingerprint density at radius 1 is 1.20 bits per heavy atom. The van der Waals surface area contributed by atoms with Gasteiger partial charge in [-0.15, -0.1) is 0 Å². The molecule has 74 valence electrons. The fraction of sp³-hybridized carbons (Fsp3) is 0. The Morgan fingerprint density at radius 2 is 1.93 bits per heavy atom. The van der Waals surface area contributed by atoms with Crippen molar-refractivity contribution in [1.29, 1.82) is 0 Å². The summed E-state index contributed by atoms with van der Waals surface area (Å²) in [6, 6.07) is 8.71. The van der Waals surface area contributed by atoms with Gasteiger partial charge in [0.15, 0.2) is 5.58 Å². The third-order valence-corrected chi connectivity index (χ3v) is 2.40. The molecule has 0 aliphatic rings. The van der Waals surface area contributed by atoms with Gasteiger partial charge in [0.1, 0.15) is 5.75 Å². The molecular formula is C11H7NO3. The van der Waals surface area contributed by atoms with E-state index >= 15 is 0 Å². The molecule has 0 amide bonds. The molecule has 0 radical (unpaired) electrons. The standard InChI is InChI=1S/C11H7NO3/c13-9-5-8-10(15-11(14)12-8)7-4-2-1-3-6(7)9/h1-5,13H,(H,12,14). The van der Waals surface area contributed by atoms with E-state index in [1.165, 1.54) is 6.07 Å². The van der Waals surface area contributed by atoms with Gasteiger partial charge < -0.3 is 9.52 Å². The van der Waals surface area contributed by atoms with E-state index in [2.05, 4.69) is 4.98 Å². The molecule has 2 N–H and O–H groups in total. The molecule has 0 bridgehead atoms. The molecule has 0 saturated carbocycles. The van der Waals surface area contributed by atoms with Crippen LogP contribution in [0, 0.1) is 0 Å². The van der Waals surface area contributed by atoms with Crippen molar-refractivity contribution in [1.82, 2.24) is 4.98 Å². The number of phenols is 1. The van der Waals surface area contributed by atoms with Gasteiger partial charge in [-0.2, -0.15) is 0 Å². The number of fused-ring (bicyclic) bond motifs is 3. The van der Waals surface area contributed by atoms with E-state index in [0.717, 1.165) is 5.39 Å². The monoisotopic (exact) mass is 201 g/mol. The number of aromatic hydroxyl groups is 1. The summed E-state index contributed by atoms with van der Waals surface area (Å²) in [7, 11) is 0. The molecule has 0 spiro atoms. The van der Waals surface area contributed by atoms with Crippen LogP contribution in [-0.2, 0) is 0 Å². The van der Waals surface area contributed by atoms with Crippen LogP contribution in [0.25, 0.3) is 21.9 Å². The highest BCUT2D eigenvalue weighted by molar-refractivity contribution is 6.05. The number of H-pyrrole nitrogens is 1. The molecule has 0 fully saturated rings. The van der Waals surface area contributed by atoms with Gasteiger partial charge in [-0.3, -0.25) is 4.98 Å². The fourth-order valence-corrected chi connectivity index (χ4v) is 1.76. The molecule has 0 atom stereocenters. The molecule has 3 rings (SSSR count). The minimum absolute atomic E-state index is 0.134. The van der Waals surface area contributed by atoms with Crippen molar-refractivity contribution in [3.05, 3.63) is 40.9 Å². The summed E-state index contributed by atoms with van der Waals surface area (Å²) in [6.45, 7) is 0.